The molecule has 1 fully saturated rings. The number of nitrogens with zero attached hydrogens (tertiary/aromatic N) is 2. The quantitative estimate of drug-likeness (QED) is 0.901. The van der Waals surface area contributed by atoms with Gasteiger partial charge in [-0.3, -0.25) is 14.5 Å². The zero-order valence-corrected chi connectivity index (χ0v) is 13.2. The van der Waals surface area contributed by atoms with Crippen LogP contribution in [0.4, 0.5) is 0 Å². The monoisotopic (exact) mass is 304 g/mol. The fourth-order valence-electron chi connectivity index (χ4n) is 2.84. The number of likely N-dealkylation sites (N-methyl/N-ethyl adjacent to an activating group) is 1. The van der Waals surface area contributed by atoms with Crippen LogP contribution in [0.15, 0.2) is 30.3 Å². The molecule has 1 heterocycles. The largest absolute Gasteiger partial charge is 0.481 e. The number of carbonyl (C=O) groups excluding carboxylic acids is 1. The maximum Gasteiger partial charge on any atom is 0.308 e. The van der Waals surface area contributed by atoms with Crippen LogP contribution in [0.2, 0.25) is 0 Å². The van der Waals surface area contributed by atoms with Gasteiger partial charge in [-0.1, -0.05) is 30.3 Å². The summed E-state index contributed by atoms with van der Waals surface area (Å²) in [6.07, 6.45) is 1.42. The molecular weight excluding hydrogens is 280 g/mol. The second-order valence-electron chi connectivity index (χ2n) is 6.04. The topological polar surface area (TPSA) is 60.9 Å². The lowest BCUT2D eigenvalue weighted by molar-refractivity contribution is -0.147. The highest BCUT2D eigenvalue weighted by Crippen LogP contribution is 2.18. The Bertz CT molecular complexity index is 518. The van der Waals surface area contributed by atoms with E-state index in [0.29, 0.717) is 26.1 Å². The number of carboxylic acids is 1. The Balaban J connectivity index is 1.94. The Kier molecular flexibility index (Phi) is 5.55. The highest BCUT2D eigenvalue weighted by molar-refractivity contribution is 5.82. The third-order valence-electron chi connectivity index (χ3n) is 4.38. The third kappa shape index (κ3) is 4.07. The lowest BCUT2D eigenvalue weighted by atomic mass is 9.97. The summed E-state index contributed by atoms with van der Waals surface area (Å²) in [5.41, 5.74) is 1.16. The molecule has 0 radical (unpaired) electrons. The number of aliphatic carboxylic acids is 1. The van der Waals surface area contributed by atoms with Gasteiger partial charge in [0.1, 0.15) is 0 Å². The highest BCUT2D eigenvalue weighted by Gasteiger charge is 2.31. The summed E-state index contributed by atoms with van der Waals surface area (Å²) in [4.78, 5) is 27.4. The van der Waals surface area contributed by atoms with E-state index in [9.17, 15) is 9.59 Å². The van der Waals surface area contributed by atoms with Crippen LogP contribution in [0.25, 0.3) is 0 Å². The van der Waals surface area contributed by atoms with Gasteiger partial charge in [-0.2, -0.15) is 0 Å². The van der Waals surface area contributed by atoms with Gasteiger partial charge in [0.25, 0.3) is 0 Å². The Morgan fingerprint density at radius 1 is 1.36 bits per heavy atom. The van der Waals surface area contributed by atoms with Crippen molar-refractivity contribution in [3.63, 3.8) is 0 Å². The molecule has 0 aliphatic carbocycles. The Morgan fingerprint density at radius 2 is 2.05 bits per heavy atom. The Morgan fingerprint density at radius 3 is 2.68 bits per heavy atom. The smallest absolute Gasteiger partial charge is 0.308 e. The van der Waals surface area contributed by atoms with Crippen molar-refractivity contribution in [3.05, 3.63) is 35.9 Å². The number of amides is 1. The summed E-state index contributed by atoms with van der Waals surface area (Å²) in [6, 6.07) is 9.75. The van der Waals surface area contributed by atoms with Crippen molar-refractivity contribution in [3.8, 4) is 0 Å². The van der Waals surface area contributed by atoms with Crippen molar-refractivity contribution in [2.75, 3.05) is 20.1 Å². The second kappa shape index (κ2) is 7.40. The zero-order valence-electron chi connectivity index (χ0n) is 13.2. The molecule has 2 atom stereocenters. The number of likely N-dealkylation sites (tertiary alicyclic amines) is 1. The van der Waals surface area contributed by atoms with E-state index in [1.54, 1.807) is 4.90 Å². The van der Waals surface area contributed by atoms with Crippen molar-refractivity contribution < 1.29 is 14.7 Å². The van der Waals surface area contributed by atoms with Gasteiger partial charge < -0.3 is 10.0 Å². The molecule has 1 aromatic carbocycles. The van der Waals surface area contributed by atoms with Crippen molar-refractivity contribution in [2.24, 2.45) is 5.92 Å². The van der Waals surface area contributed by atoms with Gasteiger partial charge in [-0.05, 0) is 32.4 Å². The molecule has 120 valence electrons. The minimum Gasteiger partial charge on any atom is -0.481 e. The summed E-state index contributed by atoms with van der Waals surface area (Å²) >= 11 is 0. The van der Waals surface area contributed by atoms with Crippen LogP contribution >= 0.6 is 0 Å². The first-order chi connectivity index (χ1) is 10.5. The van der Waals surface area contributed by atoms with Crippen molar-refractivity contribution >= 4 is 11.9 Å². The van der Waals surface area contributed by atoms with Crippen LogP contribution in [0.1, 0.15) is 25.3 Å². The average molecular weight is 304 g/mol. The SMILES string of the molecule is CC(C(=O)N1CCCC(C(=O)O)C1)N(C)Cc1ccccc1. The summed E-state index contributed by atoms with van der Waals surface area (Å²) in [6.45, 7) is 3.57. The molecule has 1 aromatic rings. The summed E-state index contributed by atoms with van der Waals surface area (Å²) in [7, 11) is 1.92. The van der Waals surface area contributed by atoms with E-state index in [4.69, 9.17) is 5.11 Å². The maximum atomic E-state index is 12.6. The molecule has 1 saturated heterocycles. The van der Waals surface area contributed by atoms with Gasteiger partial charge in [0, 0.05) is 19.6 Å². The van der Waals surface area contributed by atoms with Gasteiger partial charge >= 0.3 is 5.97 Å². The van der Waals surface area contributed by atoms with E-state index in [1.165, 1.54) is 0 Å². The fourth-order valence-corrected chi connectivity index (χ4v) is 2.84. The van der Waals surface area contributed by atoms with Crippen molar-refractivity contribution in [1.82, 2.24) is 9.80 Å². The van der Waals surface area contributed by atoms with Crippen LogP contribution in [-0.4, -0.2) is 53.0 Å². The third-order valence-corrected chi connectivity index (χ3v) is 4.38. The molecule has 1 aliphatic heterocycles. The maximum absolute atomic E-state index is 12.6. The normalized spacial score (nSPS) is 20.0. The molecule has 1 aliphatic rings. The number of carboxylic acid groups (broad SMARTS) is 1. The Labute approximate surface area is 131 Å². The number of piperidine rings is 1. The van der Waals surface area contributed by atoms with Crippen molar-refractivity contribution in [2.45, 2.75) is 32.4 Å². The molecule has 1 amide bonds. The number of rotatable bonds is 5. The number of carbonyl (C=O) groups is 2. The molecule has 0 saturated carbocycles. The van der Waals surface area contributed by atoms with Crippen LogP contribution in [0.5, 0.6) is 0 Å². The number of hydrogen-bond acceptors (Lipinski definition) is 3. The first-order valence-electron chi connectivity index (χ1n) is 7.74. The molecule has 1 N–H and O–H groups in total. The van der Waals surface area contributed by atoms with Gasteiger partial charge in [-0.25, -0.2) is 0 Å². The minimum absolute atomic E-state index is 0.0179. The van der Waals surface area contributed by atoms with E-state index in [-0.39, 0.29) is 11.9 Å². The van der Waals surface area contributed by atoms with Crippen LogP contribution in [0, 0.1) is 5.92 Å². The molecule has 0 bridgehead atoms. The van der Waals surface area contributed by atoms with E-state index in [2.05, 4.69) is 0 Å². The number of hydrogen-bond donors (Lipinski definition) is 1. The molecule has 2 rings (SSSR count). The fraction of sp³-hybridized carbons (Fsp3) is 0.529. The molecule has 5 nitrogen and oxygen atoms in total. The molecular formula is C17H24N2O3. The van der Waals surface area contributed by atoms with E-state index in [0.717, 1.165) is 12.0 Å². The number of benzene rings is 1. The molecule has 0 spiro atoms. The molecule has 2 unspecified atom stereocenters. The highest BCUT2D eigenvalue weighted by atomic mass is 16.4. The molecule has 22 heavy (non-hydrogen) atoms. The van der Waals surface area contributed by atoms with Gasteiger partial charge in [0.15, 0.2) is 0 Å². The van der Waals surface area contributed by atoms with Gasteiger partial charge in [-0.15, -0.1) is 0 Å². The van der Waals surface area contributed by atoms with E-state index < -0.39 is 11.9 Å². The van der Waals surface area contributed by atoms with Crippen LogP contribution in [-0.2, 0) is 16.1 Å². The molecule has 0 aromatic heterocycles. The zero-order chi connectivity index (χ0) is 16.1. The minimum atomic E-state index is -0.803. The second-order valence-corrected chi connectivity index (χ2v) is 6.04. The van der Waals surface area contributed by atoms with E-state index >= 15 is 0 Å². The standard InChI is InChI=1S/C17H24N2O3/c1-13(18(2)11-14-7-4-3-5-8-14)16(20)19-10-6-9-15(12-19)17(21)22/h3-5,7-8,13,15H,6,9-12H2,1-2H3,(H,21,22). The van der Waals surface area contributed by atoms with E-state index in [1.807, 2.05) is 49.2 Å². The Hall–Kier alpha value is -1.88. The predicted octanol–water partition coefficient (Wildman–Crippen LogP) is 1.83. The first kappa shape index (κ1) is 16.5. The summed E-state index contributed by atoms with van der Waals surface area (Å²) < 4.78 is 0. The summed E-state index contributed by atoms with van der Waals surface area (Å²) in [5.74, 6) is -1.21. The predicted molar refractivity (Wildman–Crippen MR) is 84.3 cm³/mol. The average Bonchev–Trinajstić information content (AvgIpc) is 2.54. The lowest BCUT2D eigenvalue weighted by Crippen LogP contribution is -2.50. The van der Waals surface area contributed by atoms with Crippen molar-refractivity contribution in [1.29, 1.82) is 0 Å². The summed E-state index contributed by atoms with van der Waals surface area (Å²) in [5, 5.41) is 9.13. The van der Waals surface area contributed by atoms with Crippen LogP contribution in [0.3, 0.4) is 0 Å². The lowest BCUT2D eigenvalue weighted by Gasteiger charge is -2.35. The van der Waals surface area contributed by atoms with Gasteiger partial charge in [0.2, 0.25) is 5.91 Å². The molecule has 5 heteroatoms. The van der Waals surface area contributed by atoms with Gasteiger partial charge in [0.05, 0.1) is 12.0 Å². The van der Waals surface area contributed by atoms with Crippen LogP contribution < -0.4 is 0 Å². The first-order valence-corrected chi connectivity index (χ1v) is 7.74.